The summed E-state index contributed by atoms with van der Waals surface area (Å²) >= 11 is 1.44. The number of hydrogen-bond donors (Lipinski definition) is 1. The zero-order chi connectivity index (χ0) is 25.2. The summed E-state index contributed by atoms with van der Waals surface area (Å²) in [6.07, 6.45) is 2.28. The van der Waals surface area contributed by atoms with Crippen LogP contribution >= 0.6 is 11.3 Å². The Hall–Kier alpha value is -3.65. The summed E-state index contributed by atoms with van der Waals surface area (Å²) in [6.45, 7) is 7.72. The molecule has 0 fully saturated rings. The van der Waals surface area contributed by atoms with Crippen molar-refractivity contribution in [1.82, 2.24) is 14.8 Å². The van der Waals surface area contributed by atoms with Crippen molar-refractivity contribution in [1.29, 1.82) is 0 Å². The molecule has 0 saturated heterocycles. The number of carbonyl (C=O) groups is 2. The predicted molar refractivity (Wildman–Crippen MR) is 137 cm³/mol. The van der Waals surface area contributed by atoms with Gasteiger partial charge in [-0.05, 0) is 69.7 Å². The number of carbonyl (C=O) groups excluding carboxylic acids is 2. The van der Waals surface area contributed by atoms with E-state index in [2.05, 4.69) is 31.2 Å². The Morgan fingerprint density at radius 1 is 1.03 bits per heavy atom. The minimum atomic E-state index is -0.298. The van der Waals surface area contributed by atoms with Crippen LogP contribution in [0.15, 0.2) is 60.1 Å². The Kier molecular flexibility index (Phi) is 6.93. The Labute approximate surface area is 207 Å². The minimum absolute atomic E-state index is 0.0942. The van der Waals surface area contributed by atoms with Crippen LogP contribution in [-0.2, 0) is 28.0 Å². The molecule has 0 radical (unpaired) electrons. The third-order valence-corrected chi connectivity index (χ3v) is 6.26. The van der Waals surface area contributed by atoms with Crippen LogP contribution in [0.2, 0.25) is 0 Å². The fraction of sp³-hybridized carbons (Fsp3) is 0.259. The van der Waals surface area contributed by atoms with Gasteiger partial charge in [0.15, 0.2) is 0 Å². The predicted octanol–water partition coefficient (Wildman–Crippen LogP) is 5.88. The lowest BCUT2D eigenvalue weighted by molar-refractivity contribution is -0.117. The van der Waals surface area contributed by atoms with E-state index < -0.39 is 0 Å². The lowest BCUT2D eigenvalue weighted by Gasteiger charge is -2.23. The second-order valence-corrected chi connectivity index (χ2v) is 10.3. The van der Waals surface area contributed by atoms with Crippen LogP contribution in [0.3, 0.4) is 0 Å². The number of amides is 1. The van der Waals surface area contributed by atoms with Crippen LogP contribution in [0.1, 0.15) is 39.0 Å². The maximum Gasteiger partial charge on any atom is 0.230 e. The van der Waals surface area contributed by atoms with Gasteiger partial charge in [-0.2, -0.15) is 5.10 Å². The van der Waals surface area contributed by atoms with E-state index in [-0.39, 0.29) is 29.5 Å². The molecule has 0 aliphatic rings. The van der Waals surface area contributed by atoms with E-state index in [0.29, 0.717) is 17.8 Å². The van der Waals surface area contributed by atoms with E-state index in [4.69, 9.17) is 4.98 Å². The lowest BCUT2D eigenvalue weighted by atomic mass is 10.0. The molecule has 2 aromatic carbocycles. The van der Waals surface area contributed by atoms with Crippen LogP contribution in [0.5, 0.6) is 0 Å². The summed E-state index contributed by atoms with van der Waals surface area (Å²) < 4.78 is 15.5. The molecule has 180 valence electrons. The third kappa shape index (κ3) is 5.89. The normalized spacial score (nSPS) is 11.5. The summed E-state index contributed by atoms with van der Waals surface area (Å²) in [7, 11) is 0. The number of halogens is 1. The molecule has 0 aliphatic carbocycles. The average molecular weight is 491 g/mol. The molecule has 4 aromatic rings. The number of benzene rings is 2. The minimum Gasteiger partial charge on any atom is -0.326 e. The Balaban J connectivity index is 1.53. The van der Waals surface area contributed by atoms with Gasteiger partial charge in [0.2, 0.25) is 5.91 Å². The quantitative estimate of drug-likeness (QED) is 0.351. The molecule has 0 aliphatic heterocycles. The van der Waals surface area contributed by atoms with Crippen molar-refractivity contribution < 1.29 is 14.0 Å². The van der Waals surface area contributed by atoms with E-state index in [1.807, 2.05) is 22.2 Å². The molecule has 4 rings (SSSR count). The van der Waals surface area contributed by atoms with E-state index in [9.17, 15) is 14.0 Å². The Morgan fingerprint density at radius 2 is 1.71 bits per heavy atom. The molecule has 6 nitrogen and oxygen atoms in total. The fourth-order valence-corrected chi connectivity index (χ4v) is 4.60. The molecule has 0 saturated carbocycles. The number of rotatable bonds is 7. The highest BCUT2D eigenvalue weighted by Gasteiger charge is 2.24. The number of anilines is 1. The summed E-state index contributed by atoms with van der Waals surface area (Å²) in [6, 6.07) is 13.6. The monoisotopic (exact) mass is 490 g/mol. The molecular weight excluding hydrogens is 463 g/mol. The number of aromatic nitrogens is 3. The van der Waals surface area contributed by atoms with Gasteiger partial charge in [-0.25, -0.2) is 9.37 Å². The molecule has 1 N–H and O–H groups in total. The Bertz CT molecular complexity index is 1350. The van der Waals surface area contributed by atoms with Crippen molar-refractivity contribution in [3.8, 4) is 21.8 Å². The van der Waals surface area contributed by atoms with Gasteiger partial charge < -0.3 is 5.32 Å². The number of ketones is 1. The zero-order valence-electron chi connectivity index (χ0n) is 20.1. The van der Waals surface area contributed by atoms with Gasteiger partial charge in [0.05, 0.1) is 35.1 Å². The van der Waals surface area contributed by atoms with Crippen LogP contribution in [-0.4, -0.2) is 26.5 Å². The van der Waals surface area contributed by atoms with Crippen molar-refractivity contribution in [3.05, 3.63) is 77.2 Å². The van der Waals surface area contributed by atoms with Crippen molar-refractivity contribution in [2.45, 2.75) is 46.1 Å². The van der Waals surface area contributed by atoms with Gasteiger partial charge >= 0.3 is 0 Å². The smallest absolute Gasteiger partial charge is 0.230 e. The highest BCUT2D eigenvalue weighted by molar-refractivity contribution is 7.13. The van der Waals surface area contributed by atoms with Gasteiger partial charge in [-0.1, -0.05) is 12.1 Å². The average Bonchev–Trinajstić information content (AvgIpc) is 3.42. The zero-order valence-corrected chi connectivity index (χ0v) is 20.9. The number of nitrogens with one attached hydrogen (secondary N) is 1. The number of hydrogen-bond acceptors (Lipinski definition) is 5. The molecule has 8 heteroatoms. The number of Topliss-reactive ketones (excluding diaryl/α,β-unsaturated/α-hetero) is 1. The van der Waals surface area contributed by atoms with Gasteiger partial charge in [0, 0.05) is 23.1 Å². The largest absolute Gasteiger partial charge is 0.326 e. The Morgan fingerprint density at radius 3 is 2.34 bits per heavy atom. The SMILES string of the molecule is CC(=O)Cc1ccc(NC(=O)Cc2csc(-c3cnn(C(C)(C)C)c3-c3ccc(F)cc3)n2)cc1. The van der Waals surface area contributed by atoms with Crippen molar-refractivity contribution in [2.24, 2.45) is 0 Å². The molecule has 0 atom stereocenters. The second-order valence-electron chi connectivity index (χ2n) is 9.44. The van der Waals surface area contributed by atoms with Gasteiger partial charge in [-0.15, -0.1) is 11.3 Å². The molecule has 1 amide bonds. The molecular formula is C27H27FN4O2S. The topological polar surface area (TPSA) is 76.9 Å². The first kappa shape index (κ1) is 24.5. The maximum atomic E-state index is 13.6. The molecule has 0 unspecified atom stereocenters. The van der Waals surface area contributed by atoms with Gasteiger partial charge in [0.25, 0.3) is 0 Å². The first-order chi connectivity index (χ1) is 16.6. The maximum absolute atomic E-state index is 13.6. The second kappa shape index (κ2) is 9.92. The van der Waals surface area contributed by atoms with E-state index in [1.165, 1.54) is 23.5 Å². The van der Waals surface area contributed by atoms with Crippen molar-refractivity contribution in [3.63, 3.8) is 0 Å². The summed E-state index contributed by atoms with van der Waals surface area (Å²) in [5.41, 5.74) is 4.48. The number of thiazole rings is 1. The molecule has 0 spiro atoms. The first-order valence-corrected chi connectivity index (χ1v) is 12.2. The highest BCUT2D eigenvalue weighted by Crippen LogP contribution is 2.36. The standard InChI is InChI=1S/C27H27FN4O2S/c1-17(33)13-18-5-11-21(12-6-18)30-24(34)14-22-16-35-26(31-22)23-15-29-32(27(2,3)4)25(23)19-7-9-20(28)10-8-19/h5-12,15-16H,13-14H2,1-4H3,(H,30,34). The summed E-state index contributed by atoms with van der Waals surface area (Å²) in [5.74, 6) is -0.379. The number of nitrogens with zero attached hydrogens (tertiary/aromatic N) is 3. The highest BCUT2D eigenvalue weighted by atomic mass is 32.1. The van der Waals surface area contributed by atoms with Gasteiger partial charge in [-0.3, -0.25) is 14.3 Å². The van der Waals surface area contributed by atoms with Crippen molar-refractivity contribution >= 4 is 28.7 Å². The van der Waals surface area contributed by atoms with E-state index in [1.54, 1.807) is 37.4 Å². The molecule has 2 aromatic heterocycles. The lowest BCUT2D eigenvalue weighted by Crippen LogP contribution is -2.24. The van der Waals surface area contributed by atoms with Crippen LogP contribution in [0, 0.1) is 5.82 Å². The summed E-state index contributed by atoms with van der Waals surface area (Å²) in [5, 5.41) is 10.1. The fourth-order valence-electron chi connectivity index (χ4n) is 3.77. The third-order valence-electron chi connectivity index (χ3n) is 5.34. The molecule has 0 bridgehead atoms. The van der Waals surface area contributed by atoms with Crippen LogP contribution < -0.4 is 5.32 Å². The van der Waals surface area contributed by atoms with Crippen LogP contribution in [0.25, 0.3) is 21.8 Å². The van der Waals surface area contributed by atoms with Crippen LogP contribution in [0.4, 0.5) is 10.1 Å². The molecule has 2 heterocycles. The summed E-state index contributed by atoms with van der Waals surface area (Å²) in [4.78, 5) is 28.5. The van der Waals surface area contributed by atoms with Gasteiger partial charge in [0.1, 0.15) is 16.6 Å². The van der Waals surface area contributed by atoms with E-state index in [0.717, 1.165) is 27.4 Å². The van der Waals surface area contributed by atoms with Crippen molar-refractivity contribution in [2.75, 3.05) is 5.32 Å². The van der Waals surface area contributed by atoms with E-state index >= 15 is 0 Å². The first-order valence-electron chi connectivity index (χ1n) is 11.3. The molecule has 35 heavy (non-hydrogen) atoms.